The number of carbonyl (C=O) groups excluding carboxylic acids is 1. The van der Waals surface area contributed by atoms with Gasteiger partial charge in [0.15, 0.2) is 0 Å². The van der Waals surface area contributed by atoms with Crippen LogP contribution in [0.1, 0.15) is 47.3 Å². The van der Waals surface area contributed by atoms with Crippen molar-refractivity contribution in [2.45, 2.75) is 40.0 Å². The standard InChI is InChI=1S/C15H24N2OS.ClH/c1-15(2,3)11-4-5-12-10(8-11)9-13(19-12)14(18)17-7-6-16;/h9,11H,4-8,16H2,1-3H3,(H,17,18);1H. The highest BCUT2D eigenvalue weighted by atomic mass is 35.5. The minimum absolute atomic E-state index is 0. The molecular formula is C15H25ClN2OS. The first-order valence-electron chi connectivity index (χ1n) is 7.01. The van der Waals surface area contributed by atoms with Crippen LogP contribution >= 0.6 is 23.7 Å². The molecule has 0 fully saturated rings. The fourth-order valence-corrected chi connectivity index (χ4v) is 3.77. The number of rotatable bonds is 3. The lowest BCUT2D eigenvalue weighted by Gasteiger charge is -2.33. The summed E-state index contributed by atoms with van der Waals surface area (Å²) in [6.07, 6.45) is 3.46. The van der Waals surface area contributed by atoms with Crippen molar-refractivity contribution in [1.29, 1.82) is 0 Å². The number of carbonyl (C=O) groups is 1. The molecule has 3 nitrogen and oxygen atoms in total. The summed E-state index contributed by atoms with van der Waals surface area (Å²) in [5.74, 6) is 0.742. The van der Waals surface area contributed by atoms with Crippen molar-refractivity contribution in [3.8, 4) is 0 Å². The van der Waals surface area contributed by atoms with Crippen LogP contribution in [-0.2, 0) is 12.8 Å². The van der Waals surface area contributed by atoms with E-state index in [9.17, 15) is 4.79 Å². The van der Waals surface area contributed by atoms with Gasteiger partial charge in [-0.2, -0.15) is 0 Å². The number of hydrogen-bond donors (Lipinski definition) is 2. The lowest BCUT2D eigenvalue weighted by atomic mass is 9.72. The molecule has 0 spiro atoms. The average molecular weight is 317 g/mol. The zero-order chi connectivity index (χ0) is 14.0. The minimum atomic E-state index is 0. The van der Waals surface area contributed by atoms with Gasteiger partial charge in [-0.25, -0.2) is 0 Å². The van der Waals surface area contributed by atoms with Gasteiger partial charge in [0, 0.05) is 18.0 Å². The molecule has 5 heteroatoms. The van der Waals surface area contributed by atoms with Crippen LogP contribution in [0.5, 0.6) is 0 Å². The van der Waals surface area contributed by atoms with Crippen molar-refractivity contribution in [2.75, 3.05) is 13.1 Å². The Kier molecular flexibility index (Phi) is 6.05. The van der Waals surface area contributed by atoms with Gasteiger partial charge >= 0.3 is 0 Å². The predicted octanol–water partition coefficient (Wildman–Crippen LogP) is 3.01. The van der Waals surface area contributed by atoms with Crippen molar-refractivity contribution in [1.82, 2.24) is 5.32 Å². The van der Waals surface area contributed by atoms with Crippen LogP contribution in [0.25, 0.3) is 0 Å². The van der Waals surface area contributed by atoms with Crippen molar-refractivity contribution >= 4 is 29.7 Å². The Morgan fingerprint density at radius 2 is 2.20 bits per heavy atom. The first kappa shape index (κ1) is 17.5. The summed E-state index contributed by atoms with van der Waals surface area (Å²) in [6, 6.07) is 2.09. The van der Waals surface area contributed by atoms with E-state index in [1.807, 2.05) is 0 Å². The molecule has 1 aliphatic carbocycles. The van der Waals surface area contributed by atoms with Crippen LogP contribution in [0, 0.1) is 11.3 Å². The summed E-state index contributed by atoms with van der Waals surface area (Å²) in [4.78, 5) is 14.2. The Morgan fingerprint density at radius 3 is 2.80 bits per heavy atom. The van der Waals surface area contributed by atoms with Gasteiger partial charge in [0.25, 0.3) is 5.91 Å². The number of nitrogens with one attached hydrogen (secondary N) is 1. The van der Waals surface area contributed by atoms with E-state index in [0.717, 1.165) is 23.6 Å². The van der Waals surface area contributed by atoms with E-state index >= 15 is 0 Å². The molecule has 1 heterocycles. The lowest BCUT2D eigenvalue weighted by molar-refractivity contribution is 0.0958. The van der Waals surface area contributed by atoms with Crippen molar-refractivity contribution in [3.05, 3.63) is 21.4 Å². The lowest BCUT2D eigenvalue weighted by Crippen LogP contribution is -2.28. The van der Waals surface area contributed by atoms with Crippen LogP contribution in [0.3, 0.4) is 0 Å². The first-order valence-corrected chi connectivity index (χ1v) is 7.83. The molecule has 0 aromatic carbocycles. The molecule has 1 aliphatic rings. The van der Waals surface area contributed by atoms with Crippen molar-refractivity contribution < 1.29 is 4.79 Å². The molecule has 1 aromatic rings. The molecule has 0 bridgehead atoms. The fourth-order valence-electron chi connectivity index (χ4n) is 2.65. The molecular weight excluding hydrogens is 292 g/mol. The Hall–Kier alpha value is -0.580. The third-order valence-corrected chi connectivity index (χ3v) is 5.20. The highest BCUT2D eigenvalue weighted by Gasteiger charge is 2.30. The average Bonchev–Trinajstić information content (AvgIpc) is 2.77. The van der Waals surface area contributed by atoms with E-state index in [0.29, 0.717) is 18.5 Å². The molecule has 1 unspecified atom stereocenters. The Morgan fingerprint density at radius 1 is 1.50 bits per heavy atom. The Balaban J connectivity index is 0.00000200. The zero-order valence-electron chi connectivity index (χ0n) is 12.5. The number of aryl methyl sites for hydroxylation is 1. The van der Waals surface area contributed by atoms with Crippen molar-refractivity contribution in [2.24, 2.45) is 17.1 Å². The molecule has 1 amide bonds. The largest absolute Gasteiger partial charge is 0.350 e. The molecule has 0 aliphatic heterocycles. The number of nitrogens with two attached hydrogens (primary N) is 1. The predicted molar refractivity (Wildman–Crippen MR) is 87.9 cm³/mol. The number of fused-ring (bicyclic) bond motifs is 1. The third kappa shape index (κ3) is 3.96. The maximum atomic E-state index is 11.9. The zero-order valence-corrected chi connectivity index (χ0v) is 14.1. The topological polar surface area (TPSA) is 55.1 Å². The van der Waals surface area contributed by atoms with Gasteiger partial charge in [-0.1, -0.05) is 20.8 Å². The van der Waals surface area contributed by atoms with E-state index in [2.05, 4.69) is 32.2 Å². The second-order valence-corrected chi connectivity index (χ2v) is 7.55. The second-order valence-electron chi connectivity index (χ2n) is 6.41. The fraction of sp³-hybridized carbons (Fsp3) is 0.667. The van der Waals surface area contributed by atoms with Crippen LogP contribution in [0.15, 0.2) is 6.07 Å². The second kappa shape index (κ2) is 6.92. The summed E-state index contributed by atoms with van der Waals surface area (Å²) in [5.41, 5.74) is 7.14. The summed E-state index contributed by atoms with van der Waals surface area (Å²) < 4.78 is 0. The van der Waals surface area contributed by atoms with E-state index in [1.54, 1.807) is 11.3 Å². The Labute approximate surface area is 131 Å². The molecule has 2 rings (SSSR count). The van der Waals surface area contributed by atoms with Crippen LogP contribution < -0.4 is 11.1 Å². The van der Waals surface area contributed by atoms with E-state index < -0.39 is 0 Å². The number of thiophene rings is 1. The first-order chi connectivity index (χ1) is 8.91. The van der Waals surface area contributed by atoms with Gasteiger partial charge in [-0.15, -0.1) is 23.7 Å². The number of halogens is 1. The van der Waals surface area contributed by atoms with Crippen LogP contribution in [-0.4, -0.2) is 19.0 Å². The molecule has 0 saturated heterocycles. The van der Waals surface area contributed by atoms with Crippen LogP contribution in [0.2, 0.25) is 0 Å². The highest BCUT2D eigenvalue weighted by molar-refractivity contribution is 7.14. The Bertz CT molecular complexity index is 465. The molecule has 1 atom stereocenters. The number of amides is 1. The van der Waals surface area contributed by atoms with E-state index in [4.69, 9.17) is 5.73 Å². The molecule has 3 N–H and O–H groups in total. The highest BCUT2D eigenvalue weighted by Crippen LogP contribution is 2.39. The van der Waals surface area contributed by atoms with Gasteiger partial charge in [0.1, 0.15) is 0 Å². The molecule has 114 valence electrons. The van der Waals surface area contributed by atoms with E-state index in [-0.39, 0.29) is 18.3 Å². The van der Waals surface area contributed by atoms with Gasteiger partial charge in [-0.05, 0) is 42.2 Å². The number of hydrogen-bond acceptors (Lipinski definition) is 3. The maximum absolute atomic E-state index is 11.9. The molecule has 1 aromatic heterocycles. The summed E-state index contributed by atoms with van der Waals surface area (Å²) in [6.45, 7) is 7.96. The summed E-state index contributed by atoms with van der Waals surface area (Å²) >= 11 is 1.65. The summed E-state index contributed by atoms with van der Waals surface area (Å²) in [7, 11) is 0. The van der Waals surface area contributed by atoms with E-state index in [1.165, 1.54) is 16.9 Å². The molecule has 20 heavy (non-hydrogen) atoms. The van der Waals surface area contributed by atoms with Gasteiger partial charge in [0.2, 0.25) is 0 Å². The summed E-state index contributed by atoms with van der Waals surface area (Å²) in [5, 5.41) is 2.85. The third-order valence-electron chi connectivity index (χ3n) is 3.96. The quantitative estimate of drug-likeness (QED) is 0.900. The van der Waals surface area contributed by atoms with Gasteiger partial charge in [-0.3, -0.25) is 4.79 Å². The van der Waals surface area contributed by atoms with Gasteiger partial charge in [0.05, 0.1) is 4.88 Å². The van der Waals surface area contributed by atoms with Crippen molar-refractivity contribution in [3.63, 3.8) is 0 Å². The maximum Gasteiger partial charge on any atom is 0.261 e. The molecule has 0 radical (unpaired) electrons. The molecule has 0 saturated carbocycles. The monoisotopic (exact) mass is 316 g/mol. The normalized spacial score (nSPS) is 18.1. The smallest absolute Gasteiger partial charge is 0.261 e. The SMILES string of the molecule is CC(C)(C)C1CCc2sc(C(=O)NCCN)cc2C1.Cl. The van der Waals surface area contributed by atoms with Crippen LogP contribution in [0.4, 0.5) is 0 Å². The van der Waals surface area contributed by atoms with Gasteiger partial charge < -0.3 is 11.1 Å². The minimum Gasteiger partial charge on any atom is -0.350 e.